The summed E-state index contributed by atoms with van der Waals surface area (Å²) >= 11 is 5.70. The zero-order valence-electron chi connectivity index (χ0n) is 15.7. The van der Waals surface area contributed by atoms with Gasteiger partial charge in [0.05, 0.1) is 12.7 Å². The van der Waals surface area contributed by atoms with Crippen molar-refractivity contribution in [1.82, 2.24) is 9.55 Å². The van der Waals surface area contributed by atoms with Crippen LogP contribution < -0.4 is 4.74 Å². The zero-order valence-corrected chi connectivity index (χ0v) is 16.5. The Balaban J connectivity index is 1.75. The Morgan fingerprint density at radius 2 is 1.82 bits per heavy atom. The van der Waals surface area contributed by atoms with Crippen molar-refractivity contribution in [3.05, 3.63) is 76.3 Å². The molecule has 7 heteroatoms. The molecule has 3 rings (SSSR count). The molecule has 0 aliphatic rings. The molecule has 0 amide bonds. The van der Waals surface area contributed by atoms with Gasteiger partial charge in [-0.15, -0.1) is 0 Å². The Labute approximate surface area is 167 Å². The van der Waals surface area contributed by atoms with Crippen LogP contribution in [0, 0.1) is 13.8 Å². The Morgan fingerprint density at radius 1 is 1.11 bits per heavy atom. The highest BCUT2D eigenvalue weighted by Crippen LogP contribution is 2.23. The highest BCUT2D eigenvalue weighted by molar-refractivity contribution is 6.29. The monoisotopic (exact) mass is 398 g/mol. The second kappa shape index (κ2) is 8.27. The van der Waals surface area contributed by atoms with Crippen molar-refractivity contribution in [2.45, 2.75) is 13.8 Å². The number of rotatable bonds is 6. The van der Waals surface area contributed by atoms with Crippen molar-refractivity contribution in [2.24, 2.45) is 0 Å². The number of carbonyl (C=O) groups is 2. The smallest absolute Gasteiger partial charge is 0.340 e. The van der Waals surface area contributed by atoms with E-state index in [0.717, 1.165) is 22.8 Å². The first-order valence-corrected chi connectivity index (χ1v) is 8.93. The molecule has 0 saturated heterocycles. The van der Waals surface area contributed by atoms with Crippen LogP contribution in [0.15, 0.2) is 48.7 Å². The fourth-order valence-corrected chi connectivity index (χ4v) is 3.07. The number of pyridine rings is 1. The number of ether oxygens (including phenoxy) is 2. The lowest BCUT2D eigenvalue weighted by Crippen LogP contribution is -2.15. The van der Waals surface area contributed by atoms with Gasteiger partial charge in [0, 0.05) is 28.8 Å². The molecular weight excluding hydrogens is 380 g/mol. The van der Waals surface area contributed by atoms with Crippen LogP contribution in [0.3, 0.4) is 0 Å². The van der Waals surface area contributed by atoms with Gasteiger partial charge in [0.1, 0.15) is 10.9 Å². The van der Waals surface area contributed by atoms with E-state index >= 15 is 0 Å². The number of carbonyl (C=O) groups excluding carboxylic acids is 2. The predicted octanol–water partition coefficient (Wildman–Crippen LogP) is 4.19. The van der Waals surface area contributed by atoms with Gasteiger partial charge >= 0.3 is 5.97 Å². The molecule has 0 spiro atoms. The third kappa shape index (κ3) is 4.07. The normalized spacial score (nSPS) is 10.6. The van der Waals surface area contributed by atoms with Crippen LogP contribution in [-0.2, 0) is 4.74 Å². The van der Waals surface area contributed by atoms with E-state index in [1.807, 2.05) is 42.7 Å². The maximum Gasteiger partial charge on any atom is 0.340 e. The quantitative estimate of drug-likeness (QED) is 0.353. The van der Waals surface area contributed by atoms with Gasteiger partial charge in [0.15, 0.2) is 6.61 Å². The fraction of sp³-hybridized carbons (Fsp3) is 0.190. The first kappa shape index (κ1) is 19.6. The average molecular weight is 399 g/mol. The minimum Gasteiger partial charge on any atom is -0.497 e. The number of aryl methyl sites for hydroxylation is 1. The number of esters is 1. The molecule has 0 bridgehead atoms. The first-order valence-electron chi connectivity index (χ1n) is 8.56. The van der Waals surface area contributed by atoms with Crippen molar-refractivity contribution < 1.29 is 19.1 Å². The number of aromatic nitrogens is 2. The van der Waals surface area contributed by atoms with Gasteiger partial charge in [-0.2, -0.15) is 0 Å². The van der Waals surface area contributed by atoms with E-state index in [-0.39, 0.29) is 23.1 Å². The Morgan fingerprint density at radius 3 is 2.43 bits per heavy atom. The van der Waals surface area contributed by atoms with Gasteiger partial charge in [-0.25, -0.2) is 9.78 Å². The largest absolute Gasteiger partial charge is 0.497 e. The van der Waals surface area contributed by atoms with Gasteiger partial charge in [0.25, 0.3) is 0 Å². The first-order chi connectivity index (χ1) is 13.4. The topological polar surface area (TPSA) is 70.4 Å². The van der Waals surface area contributed by atoms with Gasteiger partial charge < -0.3 is 14.0 Å². The fourth-order valence-electron chi connectivity index (χ4n) is 2.96. The van der Waals surface area contributed by atoms with E-state index in [0.29, 0.717) is 5.56 Å². The van der Waals surface area contributed by atoms with E-state index < -0.39 is 5.97 Å². The number of ketones is 1. The van der Waals surface area contributed by atoms with Crippen LogP contribution in [0.25, 0.3) is 5.69 Å². The minimum atomic E-state index is -0.624. The second-order valence-electron chi connectivity index (χ2n) is 6.19. The molecule has 0 fully saturated rings. The summed E-state index contributed by atoms with van der Waals surface area (Å²) in [6.07, 6.45) is 1.31. The number of halogens is 1. The van der Waals surface area contributed by atoms with Crippen molar-refractivity contribution in [3.8, 4) is 11.4 Å². The van der Waals surface area contributed by atoms with Crippen LogP contribution in [0.2, 0.25) is 5.15 Å². The molecule has 1 aromatic carbocycles. The number of hydrogen-bond donors (Lipinski definition) is 0. The van der Waals surface area contributed by atoms with E-state index in [2.05, 4.69) is 4.98 Å². The number of methoxy groups -OCH3 is 1. The van der Waals surface area contributed by atoms with Crippen LogP contribution in [0.4, 0.5) is 0 Å². The molecule has 0 aliphatic heterocycles. The minimum absolute atomic E-state index is 0.237. The highest BCUT2D eigenvalue weighted by atomic mass is 35.5. The number of hydrogen-bond acceptors (Lipinski definition) is 5. The van der Waals surface area contributed by atoms with Gasteiger partial charge in [-0.3, -0.25) is 4.79 Å². The van der Waals surface area contributed by atoms with Crippen LogP contribution in [-0.4, -0.2) is 35.0 Å². The summed E-state index contributed by atoms with van der Waals surface area (Å²) < 4.78 is 12.3. The van der Waals surface area contributed by atoms with Crippen molar-refractivity contribution >= 4 is 23.4 Å². The lowest BCUT2D eigenvalue weighted by Gasteiger charge is -2.11. The second-order valence-corrected chi connectivity index (χ2v) is 6.57. The molecule has 0 atom stereocenters. The summed E-state index contributed by atoms with van der Waals surface area (Å²) in [6.45, 7) is 3.42. The molecule has 6 nitrogen and oxygen atoms in total. The summed E-state index contributed by atoms with van der Waals surface area (Å²) in [5.41, 5.74) is 3.34. The standard InChI is InChI=1S/C21H19ClN2O4/c1-13-10-18(14(2)24(13)16-5-7-17(27-3)8-6-16)19(25)12-28-21(26)15-4-9-20(22)23-11-15/h4-11H,12H2,1-3H3. The molecule has 0 aliphatic carbocycles. The molecule has 144 valence electrons. The molecule has 0 N–H and O–H groups in total. The molecule has 0 saturated carbocycles. The van der Waals surface area contributed by atoms with Crippen LogP contribution in [0.1, 0.15) is 32.1 Å². The highest BCUT2D eigenvalue weighted by Gasteiger charge is 2.19. The van der Waals surface area contributed by atoms with Gasteiger partial charge in [-0.1, -0.05) is 11.6 Å². The third-order valence-electron chi connectivity index (χ3n) is 4.36. The van der Waals surface area contributed by atoms with E-state index in [4.69, 9.17) is 21.1 Å². The van der Waals surface area contributed by atoms with Crippen LogP contribution >= 0.6 is 11.6 Å². The summed E-state index contributed by atoms with van der Waals surface area (Å²) in [7, 11) is 1.61. The zero-order chi connectivity index (χ0) is 20.3. The summed E-state index contributed by atoms with van der Waals surface area (Å²) in [5, 5.41) is 0.276. The number of nitrogens with zero attached hydrogens (tertiary/aromatic N) is 2. The van der Waals surface area contributed by atoms with Gasteiger partial charge in [0.2, 0.25) is 5.78 Å². The molecule has 28 heavy (non-hydrogen) atoms. The third-order valence-corrected chi connectivity index (χ3v) is 4.58. The van der Waals surface area contributed by atoms with Gasteiger partial charge in [-0.05, 0) is 56.3 Å². The molecule has 0 radical (unpaired) electrons. The lowest BCUT2D eigenvalue weighted by molar-refractivity contribution is 0.0474. The maximum absolute atomic E-state index is 12.6. The number of benzene rings is 1. The molecule has 3 aromatic rings. The molecule has 0 unspecified atom stereocenters. The molecule has 2 heterocycles. The summed E-state index contributed by atoms with van der Waals surface area (Å²) in [4.78, 5) is 28.5. The maximum atomic E-state index is 12.6. The summed E-state index contributed by atoms with van der Waals surface area (Å²) in [6, 6.07) is 12.3. The van der Waals surface area contributed by atoms with Crippen LogP contribution in [0.5, 0.6) is 5.75 Å². The lowest BCUT2D eigenvalue weighted by atomic mass is 10.1. The average Bonchev–Trinajstić information content (AvgIpc) is 3.00. The van der Waals surface area contributed by atoms with Crippen molar-refractivity contribution in [1.29, 1.82) is 0 Å². The van der Waals surface area contributed by atoms with E-state index in [9.17, 15) is 9.59 Å². The number of Topliss-reactive ketones (excluding diaryl/α,β-unsaturated/α-hetero) is 1. The SMILES string of the molecule is COc1ccc(-n2c(C)cc(C(=O)COC(=O)c3ccc(Cl)nc3)c2C)cc1. The van der Waals surface area contributed by atoms with Crippen molar-refractivity contribution in [2.75, 3.05) is 13.7 Å². The Bertz CT molecular complexity index is 1010. The Hall–Kier alpha value is -3.12. The summed E-state index contributed by atoms with van der Waals surface area (Å²) in [5.74, 6) is -0.143. The molecular formula is C21H19ClN2O4. The Kier molecular flexibility index (Phi) is 5.80. The van der Waals surface area contributed by atoms with Crippen molar-refractivity contribution in [3.63, 3.8) is 0 Å². The predicted molar refractivity (Wildman–Crippen MR) is 106 cm³/mol. The van der Waals surface area contributed by atoms with E-state index in [1.165, 1.54) is 18.3 Å². The van der Waals surface area contributed by atoms with E-state index in [1.54, 1.807) is 13.2 Å². The molecule has 2 aromatic heterocycles.